The van der Waals surface area contributed by atoms with E-state index in [1.54, 1.807) is 0 Å². The summed E-state index contributed by atoms with van der Waals surface area (Å²) in [4.78, 5) is 0. The molecule has 15 heavy (non-hydrogen) atoms. The van der Waals surface area contributed by atoms with Gasteiger partial charge in [-0.3, -0.25) is 0 Å². The van der Waals surface area contributed by atoms with Crippen molar-refractivity contribution in [3.8, 4) is 5.75 Å². The third-order valence-corrected chi connectivity index (χ3v) is 2.08. The maximum absolute atomic E-state index is 12.9. The van der Waals surface area contributed by atoms with E-state index in [9.17, 15) is 17.6 Å². The number of ether oxygens (including phenoxy) is 1. The summed E-state index contributed by atoms with van der Waals surface area (Å²) in [6, 6.07) is 3.55. The third kappa shape index (κ3) is 2.61. The van der Waals surface area contributed by atoms with E-state index in [1.807, 2.05) is 6.42 Å². The van der Waals surface area contributed by atoms with Crippen LogP contribution < -0.4 is 4.74 Å². The summed E-state index contributed by atoms with van der Waals surface area (Å²) in [5, 5.41) is 0. The number of benzene rings is 1. The van der Waals surface area contributed by atoms with Crippen LogP contribution in [-0.4, -0.2) is 6.36 Å². The van der Waals surface area contributed by atoms with Gasteiger partial charge in [-0.2, -0.15) is 0 Å². The molecule has 0 unspecified atom stereocenters. The van der Waals surface area contributed by atoms with Gasteiger partial charge in [0, 0.05) is 0 Å². The molecule has 1 aromatic rings. The van der Waals surface area contributed by atoms with Crippen LogP contribution in [0.15, 0.2) is 18.2 Å². The smallest absolute Gasteiger partial charge is 0.403 e. The Bertz CT molecular complexity index is 368. The van der Waals surface area contributed by atoms with E-state index in [0.717, 1.165) is 18.6 Å². The Kier molecular flexibility index (Phi) is 2.32. The largest absolute Gasteiger partial charge is 0.573 e. The zero-order valence-corrected chi connectivity index (χ0v) is 7.51. The predicted octanol–water partition coefficient (Wildman–Crippen LogP) is 3.42. The van der Waals surface area contributed by atoms with E-state index in [0.29, 0.717) is 5.56 Å². The lowest BCUT2D eigenvalue weighted by molar-refractivity contribution is -0.275. The predicted molar refractivity (Wildman–Crippen MR) is 44.7 cm³/mol. The highest BCUT2D eigenvalue weighted by Crippen LogP contribution is 2.40. The van der Waals surface area contributed by atoms with Crippen molar-refractivity contribution in [2.45, 2.75) is 18.7 Å². The van der Waals surface area contributed by atoms with Crippen LogP contribution in [-0.2, 0) is 0 Å². The Balaban J connectivity index is 2.24. The summed E-state index contributed by atoms with van der Waals surface area (Å²) < 4.78 is 52.1. The van der Waals surface area contributed by atoms with Crippen molar-refractivity contribution in [2.75, 3.05) is 0 Å². The van der Waals surface area contributed by atoms with Crippen molar-refractivity contribution >= 4 is 0 Å². The fourth-order valence-corrected chi connectivity index (χ4v) is 1.29. The van der Waals surface area contributed by atoms with E-state index in [4.69, 9.17) is 0 Å². The minimum Gasteiger partial charge on any atom is -0.403 e. The molecular formula is C10H7F4O. The van der Waals surface area contributed by atoms with Gasteiger partial charge in [0.1, 0.15) is 0 Å². The minimum absolute atomic E-state index is 0.140. The Morgan fingerprint density at radius 2 is 1.93 bits per heavy atom. The quantitative estimate of drug-likeness (QED) is 0.692. The molecule has 81 valence electrons. The van der Waals surface area contributed by atoms with Crippen LogP contribution in [0.3, 0.4) is 0 Å². The number of hydrogen-bond acceptors (Lipinski definition) is 1. The van der Waals surface area contributed by atoms with Gasteiger partial charge in [-0.1, -0.05) is 6.07 Å². The average molecular weight is 219 g/mol. The standard InChI is InChI=1S/C10H7F4O/c11-8-4-3-7(6-1-2-6)5-9(8)15-10(12,13)14/h1,3-6H,2H2/t6-/m1/s1. The Morgan fingerprint density at radius 1 is 1.27 bits per heavy atom. The van der Waals surface area contributed by atoms with Gasteiger partial charge in [-0.05, 0) is 36.5 Å². The van der Waals surface area contributed by atoms with E-state index in [-0.39, 0.29) is 5.92 Å². The van der Waals surface area contributed by atoms with Crippen LogP contribution in [0.1, 0.15) is 17.9 Å². The molecule has 0 saturated heterocycles. The number of halogens is 4. The van der Waals surface area contributed by atoms with Crippen LogP contribution >= 0.6 is 0 Å². The monoisotopic (exact) mass is 219 g/mol. The van der Waals surface area contributed by atoms with Crippen molar-refractivity contribution in [1.29, 1.82) is 0 Å². The number of rotatable bonds is 2. The summed E-state index contributed by atoms with van der Waals surface area (Å²) in [5.74, 6) is -1.63. The number of alkyl halides is 3. The lowest BCUT2D eigenvalue weighted by Gasteiger charge is -2.10. The van der Waals surface area contributed by atoms with Gasteiger partial charge >= 0.3 is 6.36 Å². The lowest BCUT2D eigenvalue weighted by atomic mass is 10.1. The van der Waals surface area contributed by atoms with Crippen molar-refractivity contribution in [2.24, 2.45) is 0 Å². The molecule has 1 aliphatic rings. The average Bonchev–Trinajstić information content (AvgIpc) is 2.89. The molecule has 1 nitrogen and oxygen atoms in total. The molecule has 0 bridgehead atoms. The van der Waals surface area contributed by atoms with Gasteiger partial charge in [0.2, 0.25) is 0 Å². The highest BCUT2D eigenvalue weighted by atomic mass is 19.4. The molecule has 1 atom stereocenters. The molecule has 1 radical (unpaired) electrons. The fourth-order valence-electron chi connectivity index (χ4n) is 1.29. The molecule has 0 amide bonds. The van der Waals surface area contributed by atoms with E-state index in [2.05, 4.69) is 4.74 Å². The maximum atomic E-state index is 12.9. The first kappa shape index (κ1) is 10.3. The first-order valence-corrected chi connectivity index (χ1v) is 4.34. The molecule has 0 spiro atoms. The molecule has 0 heterocycles. The summed E-state index contributed by atoms with van der Waals surface area (Å²) in [6.45, 7) is 0. The van der Waals surface area contributed by atoms with E-state index < -0.39 is 17.9 Å². The molecule has 1 aliphatic carbocycles. The summed E-state index contributed by atoms with van der Waals surface area (Å²) >= 11 is 0. The Hall–Kier alpha value is -1.26. The minimum atomic E-state index is -4.85. The van der Waals surface area contributed by atoms with Crippen LogP contribution in [0.2, 0.25) is 0 Å². The van der Waals surface area contributed by atoms with E-state index in [1.165, 1.54) is 6.07 Å². The molecule has 0 aromatic heterocycles. The van der Waals surface area contributed by atoms with Crippen LogP contribution in [0, 0.1) is 12.2 Å². The summed E-state index contributed by atoms with van der Waals surface area (Å²) in [7, 11) is 0. The first-order chi connectivity index (χ1) is 6.96. The zero-order chi connectivity index (χ0) is 11.1. The zero-order valence-electron chi connectivity index (χ0n) is 7.51. The second-order valence-corrected chi connectivity index (χ2v) is 3.32. The topological polar surface area (TPSA) is 9.23 Å². The summed E-state index contributed by atoms with van der Waals surface area (Å²) in [6.07, 6.45) is -2.12. The molecule has 1 aromatic carbocycles. The Labute approximate surface area is 83.7 Å². The van der Waals surface area contributed by atoms with Gasteiger partial charge < -0.3 is 4.74 Å². The second kappa shape index (κ2) is 3.40. The SMILES string of the molecule is Fc1ccc([C@@H]2[CH]C2)cc1OC(F)(F)F. The maximum Gasteiger partial charge on any atom is 0.573 e. The highest BCUT2D eigenvalue weighted by Gasteiger charge is 2.33. The van der Waals surface area contributed by atoms with Crippen molar-refractivity contribution < 1.29 is 22.3 Å². The molecule has 1 fully saturated rings. The van der Waals surface area contributed by atoms with Gasteiger partial charge in [0.25, 0.3) is 0 Å². The molecule has 2 rings (SSSR count). The second-order valence-electron chi connectivity index (χ2n) is 3.32. The Morgan fingerprint density at radius 3 is 2.47 bits per heavy atom. The van der Waals surface area contributed by atoms with Crippen LogP contribution in [0.25, 0.3) is 0 Å². The highest BCUT2D eigenvalue weighted by molar-refractivity contribution is 5.37. The molecule has 1 saturated carbocycles. The normalized spacial score (nSPS) is 16.5. The summed E-state index contributed by atoms with van der Waals surface area (Å²) in [5.41, 5.74) is 0.649. The van der Waals surface area contributed by atoms with Crippen molar-refractivity contribution in [3.63, 3.8) is 0 Å². The molecule has 0 aliphatic heterocycles. The van der Waals surface area contributed by atoms with Crippen LogP contribution in [0.4, 0.5) is 17.6 Å². The molecule has 5 heteroatoms. The van der Waals surface area contributed by atoms with Crippen LogP contribution in [0.5, 0.6) is 5.75 Å². The lowest BCUT2D eigenvalue weighted by Crippen LogP contribution is -2.18. The fraction of sp³-hybridized carbons (Fsp3) is 0.300. The van der Waals surface area contributed by atoms with Gasteiger partial charge in [0.15, 0.2) is 11.6 Å². The molecule has 0 N–H and O–H groups in total. The first-order valence-electron chi connectivity index (χ1n) is 4.34. The third-order valence-electron chi connectivity index (χ3n) is 2.08. The number of hydrogen-bond donors (Lipinski definition) is 0. The molecular weight excluding hydrogens is 212 g/mol. The van der Waals surface area contributed by atoms with E-state index >= 15 is 0 Å². The van der Waals surface area contributed by atoms with Gasteiger partial charge in [-0.25, -0.2) is 4.39 Å². The van der Waals surface area contributed by atoms with Crippen molar-refractivity contribution in [1.82, 2.24) is 0 Å². The van der Waals surface area contributed by atoms with Gasteiger partial charge in [0.05, 0.1) is 0 Å². The van der Waals surface area contributed by atoms with Crippen molar-refractivity contribution in [3.05, 3.63) is 36.0 Å². The van der Waals surface area contributed by atoms with Gasteiger partial charge in [-0.15, -0.1) is 13.2 Å².